The fourth-order valence-electron chi connectivity index (χ4n) is 5.48. The Kier molecular flexibility index (Phi) is 7.35. The second-order valence-corrected chi connectivity index (χ2v) is 10.4. The van der Waals surface area contributed by atoms with Crippen LogP contribution < -0.4 is 4.74 Å². The molecule has 0 atom stereocenters. The third-order valence-corrected chi connectivity index (χ3v) is 7.94. The van der Waals surface area contributed by atoms with E-state index in [1.54, 1.807) is 0 Å². The summed E-state index contributed by atoms with van der Waals surface area (Å²) in [4.78, 5) is 0. The van der Waals surface area contributed by atoms with Gasteiger partial charge in [-0.3, -0.25) is 0 Å². The topological polar surface area (TPSA) is 27.1 Å². The van der Waals surface area contributed by atoms with E-state index in [2.05, 4.69) is 148 Å². The van der Waals surface area contributed by atoms with Crippen LogP contribution in [0.3, 0.4) is 0 Å². The normalized spacial score (nSPS) is 11.3. The van der Waals surface area contributed by atoms with Crippen molar-refractivity contribution < 1.29 is 4.74 Å². The van der Waals surface area contributed by atoms with Crippen LogP contribution in [0.25, 0.3) is 22.5 Å². The van der Waals surface area contributed by atoms with Gasteiger partial charge in [0.2, 0.25) is 0 Å². The zero-order valence-corrected chi connectivity index (χ0v) is 23.8. The lowest BCUT2D eigenvalue weighted by atomic mass is 9.76. The van der Waals surface area contributed by atoms with Crippen LogP contribution in [0.1, 0.15) is 23.6 Å². The van der Waals surface area contributed by atoms with Gasteiger partial charge in [-0.25, -0.2) is 4.68 Å². The molecule has 0 saturated carbocycles. The SMILES string of the molecule is CCOc1cccc(-c2c(Br)c(-c3ccccc3)nn2C(c2ccccc2)(c2ccccc2)c2ccccc2)c1. The molecular formula is C36H29BrN2O. The van der Waals surface area contributed by atoms with Crippen molar-refractivity contribution in [3.63, 3.8) is 0 Å². The molecule has 1 aromatic heterocycles. The van der Waals surface area contributed by atoms with Crippen molar-refractivity contribution in [3.05, 3.63) is 167 Å². The van der Waals surface area contributed by atoms with Gasteiger partial charge < -0.3 is 4.74 Å². The molecule has 0 aliphatic carbocycles. The van der Waals surface area contributed by atoms with Crippen molar-refractivity contribution >= 4 is 15.9 Å². The fourth-order valence-corrected chi connectivity index (χ4v) is 6.18. The van der Waals surface area contributed by atoms with Crippen LogP contribution in [0.5, 0.6) is 5.75 Å². The van der Waals surface area contributed by atoms with E-state index < -0.39 is 5.54 Å². The highest BCUT2D eigenvalue weighted by Gasteiger charge is 2.42. The Bertz CT molecular complexity index is 1600. The lowest BCUT2D eigenvalue weighted by Crippen LogP contribution is -2.39. The van der Waals surface area contributed by atoms with E-state index in [0.717, 1.165) is 49.4 Å². The Balaban J connectivity index is 1.78. The Labute approximate surface area is 243 Å². The lowest BCUT2D eigenvalue weighted by molar-refractivity contribution is 0.340. The summed E-state index contributed by atoms with van der Waals surface area (Å²) in [6.07, 6.45) is 0. The Hall–Kier alpha value is -4.41. The van der Waals surface area contributed by atoms with Crippen LogP contribution in [0.2, 0.25) is 0 Å². The molecule has 196 valence electrons. The Morgan fingerprint density at radius 1 is 0.625 bits per heavy atom. The number of rotatable bonds is 8. The van der Waals surface area contributed by atoms with E-state index in [-0.39, 0.29) is 0 Å². The summed E-state index contributed by atoms with van der Waals surface area (Å²) in [5, 5.41) is 5.46. The zero-order valence-electron chi connectivity index (χ0n) is 22.2. The van der Waals surface area contributed by atoms with E-state index in [4.69, 9.17) is 9.84 Å². The van der Waals surface area contributed by atoms with Gasteiger partial charge in [-0.2, -0.15) is 5.10 Å². The minimum absolute atomic E-state index is 0.598. The average Bonchev–Trinajstić information content (AvgIpc) is 3.37. The summed E-state index contributed by atoms with van der Waals surface area (Å²) in [6.45, 7) is 2.60. The van der Waals surface area contributed by atoms with Gasteiger partial charge in [0.1, 0.15) is 17.0 Å². The maximum atomic E-state index is 5.93. The van der Waals surface area contributed by atoms with Crippen LogP contribution in [-0.2, 0) is 5.54 Å². The molecule has 0 bridgehead atoms. The van der Waals surface area contributed by atoms with Crippen LogP contribution in [-0.4, -0.2) is 16.4 Å². The van der Waals surface area contributed by atoms with Crippen molar-refractivity contribution in [2.45, 2.75) is 12.5 Å². The molecule has 0 fully saturated rings. The predicted molar refractivity (Wildman–Crippen MR) is 167 cm³/mol. The molecule has 0 spiro atoms. The van der Waals surface area contributed by atoms with Gasteiger partial charge in [0.25, 0.3) is 0 Å². The number of benzene rings is 5. The molecule has 3 nitrogen and oxygen atoms in total. The van der Waals surface area contributed by atoms with E-state index >= 15 is 0 Å². The summed E-state index contributed by atoms with van der Waals surface area (Å²) in [6, 6.07) is 50.5. The highest BCUT2D eigenvalue weighted by Crippen LogP contribution is 2.47. The van der Waals surface area contributed by atoms with Gasteiger partial charge >= 0.3 is 0 Å². The van der Waals surface area contributed by atoms with E-state index in [9.17, 15) is 0 Å². The molecule has 5 aromatic carbocycles. The highest BCUT2D eigenvalue weighted by atomic mass is 79.9. The number of hydrogen-bond acceptors (Lipinski definition) is 2. The molecule has 6 rings (SSSR count). The van der Waals surface area contributed by atoms with Gasteiger partial charge in [0, 0.05) is 11.1 Å². The first-order valence-corrected chi connectivity index (χ1v) is 14.3. The first kappa shape index (κ1) is 25.8. The number of nitrogens with zero attached hydrogens (tertiary/aromatic N) is 2. The smallest absolute Gasteiger partial charge is 0.138 e. The van der Waals surface area contributed by atoms with Gasteiger partial charge in [-0.1, -0.05) is 133 Å². The van der Waals surface area contributed by atoms with Gasteiger partial charge in [-0.15, -0.1) is 0 Å². The summed E-state index contributed by atoms with van der Waals surface area (Å²) in [7, 11) is 0. The molecule has 1 heterocycles. The van der Waals surface area contributed by atoms with E-state index in [0.29, 0.717) is 6.61 Å². The minimum atomic E-state index is -0.768. The lowest BCUT2D eigenvalue weighted by Gasteiger charge is -2.37. The maximum absolute atomic E-state index is 5.93. The monoisotopic (exact) mass is 584 g/mol. The fraction of sp³-hybridized carbons (Fsp3) is 0.0833. The zero-order chi connectivity index (χ0) is 27.4. The summed E-state index contributed by atoms with van der Waals surface area (Å²) in [5.74, 6) is 0.825. The Morgan fingerprint density at radius 2 is 1.10 bits per heavy atom. The standard InChI is InChI=1S/C36H29BrN2O/c1-2-40-32-25-15-18-28(26-32)35-33(37)34(27-16-7-3-8-17-27)38-39(35)36(29-19-9-4-10-20-29,30-21-11-5-12-22-30)31-23-13-6-14-24-31/h3-26H,2H2,1H3. The summed E-state index contributed by atoms with van der Waals surface area (Å²) >= 11 is 4.03. The molecule has 0 N–H and O–H groups in total. The van der Waals surface area contributed by atoms with E-state index in [1.807, 2.05) is 25.1 Å². The Morgan fingerprint density at radius 3 is 1.60 bits per heavy atom. The summed E-state index contributed by atoms with van der Waals surface area (Å²) in [5.41, 5.74) is 6.48. The molecule has 40 heavy (non-hydrogen) atoms. The molecule has 0 aliphatic rings. The molecule has 6 aromatic rings. The first-order valence-electron chi connectivity index (χ1n) is 13.5. The quantitative estimate of drug-likeness (QED) is 0.167. The molecule has 0 aliphatic heterocycles. The van der Waals surface area contributed by atoms with Crippen molar-refractivity contribution in [3.8, 4) is 28.3 Å². The molecule has 0 amide bonds. The second kappa shape index (κ2) is 11.4. The van der Waals surface area contributed by atoms with Gasteiger partial charge in [-0.05, 0) is 51.7 Å². The van der Waals surface area contributed by atoms with Crippen molar-refractivity contribution in [2.24, 2.45) is 0 Å². The predicted octanol–water partition coefficient (Wildman–Crippen LogP) is 9.22. The number of halogens is 1. The maximum Gasteiger partial charge on any atom is 0.138 e. The molecule has 0 saturated heterocycles. The average molecular weight is 586 g/mol. The van der Waals surface area contributed by atoms with Gasteiger partial charge in [0.15, 0.2) is 0 Å². The first-order chi connectivity index (χ1) is 19.7. The van der Waals surface area contributed by atoms with Crippen LogP contribution in [0, 0.1) is 0 Å². The van der Waals surface area contributed by atoms with Crippen LogP contribution >= 0.6 is 15.9 Å². The van der Waals surface area contributed by atoms with E-state index in [1.165, 1.54) is 0 Å². The van der Waals surface area contributed by atoms with Crippen LogP contribution in [0.4, 0.5) is 0 Å². The number of hydrogen-bond donors (Lipinski definition) is 0. The number of ether oxygens (including phenoxy) is 1. The van der Waals surface area contributed by atoms with Crippen LogP contribution in [0.15, 0.2) is 150 Å². The summed E-state index contributed by atoms with van der Waals surface area (Å²) < 4.78 is 9.06. The largest absolute Gasteiger partial charge is 0.494 e. The van der Waals surface area contributed by atoms with Crippen molar-refractivity contribution in [1.82, 2.24) is 9.78 Å². The number of aromatic nitrogens is 2. The molecule has 0 radical (unpaired) electrons. The third kappa shape index (κ3) is 4.55. The highest BCUT2D eigenvalue weighted by molar-refractivity contribution is 9.10. The minimum Gasteiger partial charge on any atom is -0.494 e. The van der Waals surface area contributed by atoms with Crippen molar-refractivity contribution in [2.75, 3.05) is 6.61 Å². The van der Waals surface area contributed by atoms with Crippen molar-refractivity contribution in [1.29, 1.82) is 0 Å². The molecule has 4 heteroatoms. The molecule has 0 unspecified atom stereocenters. The second-order valence-electron chi connectivity index (χ2n) is 9.56. The van der Waals surface area contributed by atoms with Gasteiger partial charge in [0.05, 0.1) is 16.8 Å². The molecular weight excluding hydrogens is 556 g/mol. The third-order valence-electron chi connectivity index (χ3n) is 7.19.